The highest BCUT2D eigenvalue weighted by atomic mass is 32.2. The summed E-state index contributed by atoms with van der Waals surface area (Å²) in [4.78, 5) is 24.3. The number of benzene rings is 2. The van der Waals surface area contributed by atoms with Gasteiger partial charge in [-0.25, -0.2) is 13.2 Å². The monoisotopic (exact) mass is 388 g/mol. The number of nitrogens with two attached hydrogens (primary N) is 1. The molecule has 7 nitrogen and oxygen atoms in total. The zero-order valence-corrected chi connectivity index (χ0v) is 15.8. The minimum Gasteiger partial charge on any atom is -0.444 e. The summed E-state index contributed by atoms with van der Waals surface area (Å²) >= 11 is 0. The molecule has 142 valence electrons. The van der Waals surface area contributed by atoms with Crippen LogP contribution in [-0.4, -0.2) is 32.6 Å². The number of carbonyl (C=O) groups excluding carboxylic acids is 2. The van der Waals surface area contributed by atoms with Gasteiger partial charge in [-0.05, 0) is 37.1 Å². The van der Waals surface area contributed by atoms with Crippen molar-refractivity contribution in [2.24, 2.45) is 5.73 Å². The van der Waals surface area contributed by atoms with Gasteiger partial charge in [0.25, 0.3) is 5.91 Å². The van der Waals surface area contributed by atoms with Gasteiger partial charge in [0.1, 0.15) is 0 Å². The molecule has 0 saturated heterocycles. The first kappa shape index (κ1) is 18.9. The Kier molecular flexibility index (Phi) is 4.93. The Morgan fingerprint density at radius 3 is 2.44 bits per heavy atom. The molecule has 27 heavy (non-hydrogen) atoms. The van der Waals surface area contributed by atoms with Gasteiger partial charge in [-0.1, -0.05) is 30.3 Å². The lowest BCUT2D eigenvalue weighted by Crippen LogP contribution is -2.34. The van der Waals surface area contributed by atoms with Crippen LogP contribution >= 0.6 is 0 Å². The zero-order valence-electron chi connectivity index (χ0n) is 15.0. The van der Waals surface area contributed by atoms with Gasteiger partial charge in [0.05, 0.1) is 17.5 Å². The Bertz CT molecular complexity index is 988. The van der Waals surface area contributed by atoms with Gasteiger partial charge in [-0.15, -0.1) is 0 Å². The van der Waals surface area contributed by atoms with Crippen LogP contribution in [-0.2, 0) is 26.0 Å². The lowest BCUT2D eigenvalue weighted by Gasteiger charge is -2.22. The molecule has 0 saturated carbocycles. The Labute approximate surface area is 157 Å². The molecule has 2 atom stereocenters. The fourth-order valence-electron chi connectivity index (χ4n) is 3.33. The molecule has 1 heterocycles. The number of hydrogen-bond acceptors (Lipinski definition) is 5. The molecule has 2 aromatic rings. The summed E-state index contributed by atoms with van der Waals surface area (Å²) < 4.78 is 30.6. The second kappa shape index (κ2) is 7.03. The number of sulfonamides is 1. The predicted octanol–water partition coefficient (Wildman–Crippen LogP) is 1.78. The Morgan fingerprint density at radius 1 is 1.19 bits per heavy atom. The third-order valence-electron chi connectivity index (χ3n) is 4.41. The van der Waals surface area contributed by atoms with Gasteiger partial charge in [0, 0.05) is 11.6 Å². The Morgan fingerprint density at radius 2 is 1.85 bits per heavy atom. The lowest BCUT2D eigenvalue weighted by molar-refractivity contribution is -0.127. The molecule has 0 bridgehead atoms. The number of amides is 1. The minimum atomic E-state index is -3.41. The molecule has 1 amide bonds. The highest BCUT2D eigenvalue weighted by Gasteiger charge is 2.33. The van der Waals surface area contributed by atoms with Crippen LogP contribution in [0.25, 0.3) is 0 Å². The number of carbonyl (C=O) groups is 2. The Hall–Kier alpha value is -2.87. The maximum atomic E-state index is 12.5. The van der Waals surface area contributed by atoms with E-state index in [0.717, 1.165) is 11.8 Å². The quantitative estimate of drug-likeness (QED) is 0.786. The molecule has 0 aliphatic carbocycles. The third-order valence-corrected chi connectivity index (χ3v) is 5.68. The van der Waals surface area contributed by atoms with Crippen LogP contribution in [0.2, 0.25) is 0 Å². The van der Waals surface area contributed by atoms with E-state index in [1.165, 1.54) is 10.4 Å². The molecular formula is C19H20N2O5S. The van der Waals surface area contributed by atoms with E-state index >= 15 is 0 Å². The fourth-order valence-corrected chi connectivity index (χ4v) is 4.59. The summed E-state index contributed by atoms with van der Waals surface area (Å²) in [5, 5.41) is 0. The standard InChI is InChI=1S/C19H20N2O5S/c1-12-10-15-11-14(8-9-16(15)21(12)27(2,24)25)19(23)26-17(18(20)22)13-6-4-3-5-7-13/h3-9,11-12,17H,10H2,1-2H3,(H2,20,22)/t12-,17+/m0/s1. The lowest BCUT2D eigenvalue weighted by atomic mass is 10.1. The van der Waals surface area contributed by atoms with Crippen LogP contribution < -0.4 is 10.0 Å². The number of hydrogen-bond donors (Lipinski definition) is 1. The Balaban J connectivity index is 1.87. The summed E-state index contributed by atoms with van der Waals surface area (Å²) in [5.41, 5.74) is 7.38. The number of anilines is 1. The molecule has 0 aromatic heterocycles. The van der Waals surface area contributed by atoms with E-state index in [2.05, 4.69) is 0 Å². The summed E-state index contributed by atoms with van der Waals surface area (Å²) in [5.74, 6) is -1.47. The molecule has 0 radical (unpaired) electrons. The van der Waals surface area contributed by atoms with Gasteiger partial charge < -0.3 is 10.5 Å². The largest absolute Gasteiger partial charge is 0.444 e. The van der Waals surface area contributed by atoms with Crippen LogP contribution in [0.5, 0.6) is 0 Å². The molecule has 0 unspecified atom stereocenters. The first-order valence-corrected chi connectivity index (χ1v) is 10.2. The van der Waals surface area contributed by atoms with Crippen molar-refractivity contribution in [2.45, 2.75) is 25.5 Å². The minimum absolute atomic E-state index is 0.232. The molecule has 2 aromatic carbocycles. The van der Waals surface area contributed by atoms with Gasteiger partial charge >= 0.3 is 5.97 Å². The number of fused-ring (bicyclic) bond motifs is 1. The van der Waals surface area contributed by atoms with Gasteiger partial charge in [-0.2, -0.15) is 0 Å². The normalized spacial score (nSPS) is 17.3. The molecule has 1 aliphatic rings. The van der Waals surface area contributed by atoms with E-state index in [1.807, 2.05) is 0 Å². The van der Waals surface area contributed by atoms with Crippen LogP contribution in [0.3, 0.4) is 0 Å². The molecule has 0 spiro atoms. The van der Waals surface area contributed by atoms with E-state index in [-0.39, 0.29) is 11.6 Å². The first-order chi connectivity index (χ1) is 12.7. The third kappa shape index (κ3) is 3.80. The van der Waals surface area contributed by atoms with Crippen LogP contribution in [0.4, 0.5) is 5.69 Å². The molecular weight excluding hydrogens is 368 g/mol. The van der Waals surface area contributed by atoms with Crippen molar-refractivity contribution in [1.29, 1.82) is 0 Å². The molecule has 1 aliphatic heterocycles. The maximum absolute atomic E-state index is 12.5. The summed E-state index contributed by atoms with van der Waals surface area (Å²) in [7, 11) is -3.41. The van der Waals surface area contributed by atoms with Crippen molar-refractivity contribution in [3.05, 3.63) is 65.2 Å². The maximum Gasteiger partial charge on any atom is 0.339 e. The summed E-state index contributed by atoms with van der Waals surface area (Å²) in [6.45, 7) is 1.80. The average molecular weight is 388 g/mol. The zero-order chi connectivity index (χ0) is 19.8. The smallest absolute Gasteiger partial charge is 0.339 e. The summed E-state index contributed by atoms with van der Waals surface area (Å²) in [6.07, 6.45) is 0.443. The number of rotatable bonds is 5. The fraction of sp³-hybridized carbons (Fsp3) is 0.263. The number of ether oxygens (including phenoxy) is 1. The van der Waals surface area contributed by atoms with E-state index in [1.54, 1.807) is 49.4 Å². The van der Waals surface area contributed by atoms with Gasteiger partial charge in [-0.3, -0.25) is 9.10 Å². The highest BCUT2D eigenvalue weighted by Crippen LogP contribution is 2.35. The van der Waals surface area contributed by atoms with Crippen LogP contribution in [0, 0.1) is 0 Å². The SMILES string of the molecule is C[C@H]1Cc2cc(C(=O)O[C@@H](C(N)=O)c3ccccc3)ccc2N1S(C)(=O)=O. The predicted molar refractivity (Wildman–Crippen MR) is 101 cm³/mol. The van der Waals surface area contributed by atoms with E-state index in [0.29, 0.717) is 17.7 Å². The van der Waals surface area contributed by atoms with Crippen molar-refractivity contribution in [3.63, 3.8) is 0 Å². The van der Waals surface area contributed by atoms with Gasteiger partial charge in [0.2, 0.25) is 16.1 Å². The van der Waals surface area contributed by atoms with Crippen molar-refractivity contribution in [2.75, 3.05) is 10.6 Å². The van der Waals surface area contributed by atoms with Crippen molar-refractivity contribution >= 4 is 27.6 Å². The van der Waals surface area contributed by atoms with Crippen molar-refractivity contribution in [1.82, 2.24) is 0 Å². The number of esters is 1. The van der Waals surface area contributed by atoms with E-state index in [9.17, 15) is 18.0 Å². The van der Waals surface area contributed by atoms with Crippen LogP contribution in [0.15, 0.2) is 48.5 Å². The van der Waals surface area contributed by atoms with Gasteiger partial charge in [0.15, 0.2) is 0 Å². The second-order valence-electron chi connectivity index (χ2n) is 6.55. The second-order valence-corrected chi connectivity index (χ2v) is 8.41. The molecule has 8 heteroatoms. The molecule has 2 N–H and O–H groups in total. The van der Waals surface area contributed by atoms with Crippen LogP contribution in [0.1, 0.15) is 34.5 Å². The average Bonchev–Trinajstić information content (AvgIpc) is 2.94. The topological polar surface area (TPSA) is 107 Å². The first-order valence-electron chi connectivity index (χ1n) is 8.36. The van der Waals surface area contributed by atoms with Crippen molar-refractivity contribution in [3.8, 4) is 0 Å². The molecule has 0 fully saturated rings. The van der Waals surface area contributed by atoms with E-state index < -0.39 is 28.0 Å². The highest BCUT2D eigenvalue weighted by molar-refractivity contribution is 7.92. The summed E-state index contributed by atoms with van der Waals surface area (Å²) in [6, 6.07) is 12.9. The number of primary amides is 1. The van der Waals surface area contributed by atoms with E-state index in [4.69, 9.17) is 10.5 Å². The van der Waals surface area contributed by atoms with Crippen molar-refractivity contribution < 1.29 is 22.7 Å². The number of nitrogens with zero attached hydrogens (tertiary/aromatic N) is 1. The molecule has 3 rings (SSSR count).